The van der Waals surface area contributed by atoms with Gasteiger partial charge in [-0.1, -0.05) is 0 Å². The lowest BCUT2D eigenvalue weighted by atomic mass is 10.3. The molecule has 0 saturated heterocycles. The quantitative estimate of drug-likeness (QED) is 0.772. The number of rotatable bonds is 4. The van der Waals surface area contributed by atoms with Crippen LogP contribution in [0.3, 0.4) is 0 Å². The number of hydrogen-bond donors (Lipinski definition) is 3. The van der Waals surface area contributed by atoms with E-state index in [0.29, 0.717) is 11.6 Å². The molecule has 0 fully saturated rings. The van der Waals surface area contributed by atoms with Gasteiger partial charge >= 0.3 is 0 Å². The summed E-state index contributed by atoms with van der Waals surface area (Å²) in [5.74, 6) is -1.80. The minimum absolute atomic E-state index is 0.151. The van der Waals surface area contributed by atoms with Crippen LogP contribution in [0.4, 0.5) is 14.6 Å². The Bertz CT molecular complexity index is 699. The summed E-state index contributed by atoms with van der Waals surface area (Å²) >= 11 is 0. The molecule has 0 aliphatic rings. The topological polar surface area (TPSA) is 101 Å². The molecule has 0 atom stereocenters. The van der Waals surface area contributed by atoms with Gasteiger partial charge in [-0.25, -0.2) is 21.9 Å². The number of aromatic nitrogens is 2. The molecule has 1 aromatic carbocycles. The van der Waals surface area contributed by atoms with E-state index in [2.05, 4.69) is 14.9 Å². The molecule has 102 valence electrons. The molecular weight excluding hydrogens is 278 g/mol. The van der Waals surface area contributed by atoms with Crippen molar-refractivity contribution >= 4 is 15.8 Å². The van der Waals surface area contributed by atoms with E-state index in [1.807, 2.05) is 0 Å². The van der Waals surface area contributed by atoms with E-state index in [-0.39, 0.29) is 12.4 Å². The fourth-order valence-corrected chi connectivity index (χ4v) is 2.47. The van der Waals surface area contributed by atoms with Crippen LogP contribution < -0.4 is 10.5 Å². The van der Waals surface area contributed by atoms with Gasteiger partial charge in [-0.05, 0) is 12.1 Å². The first-order valence-corrected chi connectivity index (χ1v) is 6.61. The Labute approximate surface area is 107 Å². The van der Waals surface area contributed by atoms with Crippen molar-refractivity contribution in [1.82, 2.24) is 14.9 Å². The second-order valence-electron chi connectivity index (χ2n) is 3.71. The molecule has 2 rings (SSSR count). The van der Waals surface area contributed by atoms with Gasteiger partial charge in [0.05, 0.1) is 6.20 Å². The standard InChI is InChI=1S/C10H10F2N4O2S/c11-7-1-2-9(8(12)3-7)19(17,18)15-5-6-4-14-16-10(6)13/h1-4,15H,5H2,(H3,13,14,16). The van der Waals surface area contributed by atoms with Crippen molar-refractivity contribution in [2.75, 3.05) is 5.73 Å². The first-order chi connectivity index (χ1) is 8.90. The number of nitrogens with one attached hydrogen (secondary N) is 2. The van der Waals surface area contributed by atoms with Gasteiger partial charge in [0.25, 0.3) is 0 Å². The maximum Gasteiger partial charge on any atom is 0.243 e. The number of halogens is 2. The normalized spacial score (nSPS) is 11.7. The van der Waals surface area contributed by atoms with Crippen LogP contribution in [0.1, 0.15) is 5.56 Å². The highest BCUT2D eigenvalue weighted by molar-refractivity contribution is 7.89. The van der Waals surface area contributed by atoms with Crippen molar-refractivity contribution < 1.29 is 17.2 Å². The predicted octanol–water partition coefficient (Wildman–Crippen LogP) is 0.749. The smallest absolute Gasteiger partial charge is 0.243 e. The molecule has 0 radical (unpaired) electrons. The molecule has 2 aromatic rings. The van der Waals surface area contributed by atoms with Crippen molar-refractivity contribution in [2.24, 2.45) is 0 Å². The highest BCUT2D eigenvalue weighted by atomic mass is 32.2. The largest absolute Gasteiger partial charge is 0.384 e. The zero-order chi connectivity index (χ0) is 14.0. The number of sulfonamides is 1. The van der Waals surface area contributed by atoms with Gasteiger partial charge in [0.2, 0.25) is 10.0 Å². The molecule has 0 bridgehead atoms. The predicted molar refractivity (Wildman–Crippen MR) is 63.4 cm³/mol. The van der Waals surface area contributed by atoms with E-state index in [4.69, 9.17) is 5.73 Å². The van der Waals surface area contributed by atoms with Gasteiger partial charge in [-0.3, -0.25) is 5.10 Å². The second kappa shape index (κ2) is 4.94. The van der Waals surface area contributed by atoms with Crippen molar-refractivity contribution in [3.05, 3.63) is 41.6 Å². The number of anilines is 1. The molecular formula is C10H10F2N4O2S. The number of aromatic amines is 1. The van der Waals surface area contributed by atoms with Crippen LogP contribution in [0, 0.1) is 11.6 Å². The summed E-state index contributed by atoms with van der Waals surface area (Å²) < 4.78 is 51.9. The van der Waals surface area contributed by atoms with Crippen molar-refractivity contribution in [1.29, 1.82) is 0 Å². The number of nitrogen functional groups attached to an aromatic ring is 1. The van der Waals surface area contributed by atoms with E-state index in [9.17, 15) is 17.2 Å². The first-order valence-electron chi connectivity index (χ1n) is 5.12. The summed E-state index contributed by atoms with van der Waals surface area (Å²) in [5, 5.41) is 6.05. The van der Waals surface area contributed by atoms with Crippen LogP contribution in [0.15, 0.2) is 29.3 Å². The zero-order valence-electron chi connectivity index (χ0n) is 9.52. The van der Waals surface area contributed by atoms with E-state index in [1.54, 1.807) is 0 Å². The van der Waals surface area contributed by atoms with Crippen molar-refractivity contribution in [3.63, 3.8) is 0 Å². The Kier molecular flexibility index (Phi) is 3.49. The van der Waals surface area contributed by atoms with Gasteiger partial charge in [-0.2, -0.15) is 5.10 Å². The van der Waals surface area contributed by atoms with Crippen molar-refractivity contribution in [3.8, 4) is 0 Å². The molecule has 0 spiro atoms. The maximum atomic E-state index is 13.4. The van der Waals surface area contributed by atoms with Gasteiger partial charge < -0.3 is 5.73 Å². The third-order valence-corrected chi connectivity index (χ3v) is 3.82. The van der Waals surface area contributed by atoms with E-state index in [1.165, 1.54) is 6.20 Å². The van der Waals surface area contributed by atoms with Crippen LogP contribution in [0.25, 0.3) is 0 Å². The fraction of sp³-hybridized carbons (Fsp3) is 0.100. The lowest BCUT2D eigenvalue weighted by molar-refractivity contribution is 0.543. The highest BCUT2D eigenvalue weighted by Gasteiger charge is 2.19. The average molecular weight is 288 g/mol. The third kappa shape index (κ3) is 2.88. The number of H-pyrrole nitrogens is 1. The Morgan fingerprint density at radius 2 is 2.11 bits per heavy atom. The number of nitrogens with zero attached hydrogens (tertiary/aromatic N) is 1. The lowest BCUT2D eigenvalue weighted by Crippen LogP contribution is -2.24. The molecule has 0 aliphatic carbocycles. The van der Waals surface area contributed by atoms with Crippen LogP contribution in [0.5, 0.6) is 0 Å². The van der Waals surface area contributed by atoms with Crippen molar-refractivity contribution in [2.45, 2.75) is 11.4 Å². The molecule has 0 amide bonds. The van der Waals surface area contributed by atoms with E-state index < -0.39 is 26.6 Å². The van der Waals surface area contributed by atoms with E-state index >= 15 is 0 Å². The average Bonchev–Trinajstić information content (AvgIpc) is 2.72. The summed E-state index contributed by atoms with van der Waals surface area (Å²) in [5.41, 5.74) is 5.90. The Balaban J connectivity index is 2.21. The zero-order valence-corrected chi connectivity index (χ0v) is 10.3. The number of nitrogens with two attached hydrogens (primary N) is 1. The summed E-state index contributed by atoms with van der Waals surface area (Å²) in [6.45, 7) is -0.151. The molecule has 0 saturated carbocycles. The molecule has 0 unspecified atom stereocenters. The minimum atomic E-state index is -4.09. The van der Waals surface area contributed by atoms with Gasteiger partial charge in [0.15, 0.2) is 0 Å². The third-order valence-electron chi connectivity index (χ3n) is 2.39. The van der Waals surface area contributed by atoms with Crippen LogP contribution in [-0.2, 0) is 16.6 Å². The van der Waals surface area contributed by atoms with Gasteiger partial charge in [-0.15, -0.1) is 0 Å². The second-order valence-corrected chi connectivity index (χ2v) is 5.44. The fourth-order valence-electron chi connectivity index (χ4n) is 1.41. The Morgan fingerprint density at radius 3 is 2.68 bits per heavy atom. The molecule has 1 heterocycles. The van der Waals surface area contributed by atoms with Crippen LogP contribution >= 0.6 is 0 Å². The SMILES string of the molecule is Nc1[nH]ncc1CNS(=O)(=O)c1ccc(F)cc1F. The summed E-state index contributed by atoms with van der Waals surface area (Å²) in [4.78, 5) is -0.629. The Morgan fingerprint density at radius 1 is 1.37 bits per heavy atom. The van der Waals surface area contributed by atoms with Crippen LogP contribution in [-0.4, -0.2) is 18.6 Å². The Hall–Kier alpha value is -2.00. The molecule has 6 nitrogen and oxygen atoms in total. The molecule has 0 aliphatic heterocycles. The molecule has 4 N–H and O–H groups in total. The molecule has 1 aromatic heterocycles. The number of benzene rings is 1. The first kappa shape index (κ1) is 13.4. The van der Waals surface area contributed by atoms with Crippen LogP contribution in [0.2, 0.25) is 0 Å². The van der Waals surface area contributed by atoms with Gasteiger partial charge in [0.1, 0.15) is 22.3 Å². The summed E-state index contributed by atoms with van der Waals surface area (Å²) in [7, 11) is -4.09. The maximum absolute atomic E-state index is 13.4. The van der Waals surface area contributed by atoms with E-state index in [0.717, 1.165) is 12.1 Å². The number of hydrogen-bond acceptors (Lipinski definition) is 4. The highest BCUT2D eigenvalue weighted by Crippen LogP contribution is 2.16. The lowest BCUT2D eigenvalue weighted by Gasteiger charge is -2.07. The summed E-state index contributed by atoms with van der Waals surface area (Å²) in [6, 6.07) is 2.22. The molecule has 19 heavy (non-hydrogen) atoms. The minimum Gasteiger partial charge on any atom is -0.384 e. The monoisotopic (exact) mass is 288 g/mol. The molecule has 9 heteroatoms. The van der Waals surface area contributed by atoms with Gasteiger partial charge in [0, 0.05) is 18.2 Å². The summed E-state index contributed by atoms with van der Waals surface area (Å²) in [6.07, 6.45) is 1.35.